The molecule has 3 N–H and O–H groups in total. The molecule has 0 radical (unpaired) electrons. The Morgan fingerprint density at radius 2 is 1.90 bits per heavy atom. The molecular formula is C26H25F5N6O3. The lowest BCUT2D eigenvalue weighted by molar-refractivity contribution is -0.156. The van der Waals surface area contributed by atoms with Crippen molar-refractivity contribution < 1.29 is 36.2 Å². The SMILES string of the molecule is C=CC(=O)N1CC[C@H](n2nc(C#Cc3c(F)c(OC)cc(OC)c3F)c3c(N)ncc(C(NC)C(F)(F)F)c32)C1. The van der Waals surface area contributed by atoms with Gasteiger partial charge in [-0.1, -0.05) is 12.5 Å². The zero-order valence-corrected chi connectivity index (χ0v) is 21.7. The molecule has 3 heterocycles. The summed E-state index contributed by atoms with van der Waals surface area (Å²) in [4.78, 5) is 17.6. The summed E-state index contributed by atoms with van der Waals surface area (Å²) in [7, 11) is 3.50. The molecule has 3 aromatic rings. The fraction of sp³-hybridized carbons (Fsp3) is 0.346. The van der Waals surface area contributed by atoms with Crippen molar-refractivity contribution in [3.05, 3.63) is 53.4 Å². The van der Waals surface area contributed by atoms with Crippen LogP contribution in [-0.4, -0.2) is 66.1 Å². The lowest BCUT2D eigenvalue weighted by Gasteiger charge is -2.22. The van der Waals surface area contributed by atoms with E-state index in [9.17, 15) is 26.7 Å². The molecule has 1 amide bonds. The zero-order valence-electron chi connectivity index (χ0n) is 21.7. The van der Waals surface area contributed by atoms with E-state index in [4.69, 9.17) is 15.2 Å². The van der Waals surface area contributed by atoms with Crippen LogP contribution in [0.2, 0.25) is 0 Å². The molecular weight excluding hydrogens is 539 g/mol. The number of rotatable bonds is 6. The monoisotopic (exact) mass is 564 g/mol. The number of nitrogen functional groups attached to an aromatic ring is 1. The number of carbonyl (C=O) groups is 1. The van der Waals surface area contributed by atoms with Crippen molar-refractivity contribution in [3.63, 3.8) is 0 Å². The number of nitrogens with two attached hydrogens (primary N) is 1. The summed E-state index contributed by atoms with van der Waals surface area (Å²) in [6, 6.07) is -1.69. The summed E-state index contributed by atoms with van der Waals surface area (Å²) in [6.07, 6.45) is -2.22. The first-order valence-corrected chi connectivity index (χ1v) is 11.9. The molecule has 1 saturated heterocycles. The Labute approximate surface area is 225 Å². The van der Waals surface area contributed by atoms with Gasteiger partial charge in [-0.05, 0) is 25.5 Å². The molecule has 4 rings (SSSR count). The van der Waals surface area contributed by atoms with E-state index in [-0.39, 0.29) is 51.9 Å². The third kappa shape index (κ3) is 5.00. The van der Waals surface area contributed by atoms with Crippen LogP contribution in [-0.2, 0) is 4.79 Å². The third-order valence-corrected chi connectivity index (χ3v) is 6.58. The standard InChI is InChI=1S/C26H25F5N6O3/c1-5-19(38)36-9-8-13(12-36)37-23-15(24(33-2)26(29,30)31)11-34-25(32)20(23)16(35-37)7-6-14-21(27)17(39-3)10-18(40-4)22(14)28/h5,10-11,13,24,33H,1,8-9,12H2,2-4H3,(H2,32,34)/t13-,24?/m0/s1. The molecule has 0 bridgehead atoms. The number of likely N-dealkylation sites (tertiary alicyclic amines) is 1. The van der Waals surface area contributed by atoms with Gasteiger partial charge in [-0.15, -0.1) is 0 Å². The summed E-state index contributed by atoms with van der Waals surface area (Å²) in [6.45, 7) is 3.90. The van der Waals surface area contributed by atoms with Gasteiger partial charge in [0.1, 0.15) is 23.1 Å². The van der Waals surface area contributed by atoms with E-state index in [0.717, 1.165) is 25.4 Å². The maximum absolute atomic E-state index is 14.9. The number of nitrogens with one attached hydrogen (secondary N) is 1. The Hall–Kier alpha value is -4.38. The highest BCUT2D eigenvalue weighted by Crippen LogP contribution is 2.39. The Kier molecular flexibility index (Phi) is 7.88. The van der Waals surface area contributed by atoms with E-state index in [1.54, 1.807) is 0 Å². The second-order valence-corrected chi connectivity index (χ2v) is 8.84. The van der Waals surface area contributed by atoms with E-state index in [2.05, 4.69) is 33.8 Å². The molecule has 1 aliphatic rings. The topological polar surface area (TPSA) is 108 Å². The molecule has 2 aromatic heterocycles. The number of anilines is 1. The summed E-state index contributed by atoms with van der Waals surface area (Å²) < 4.78 is 83.1. The molecule has 0 aliphatic carbocycles. The lowest BCUT2D eigenvalue weighted by atomic mass is 10.0. The number of hydrogen-bond donors (Lipinski definition) is 2. The average Bonchev–Trinajstić information content (AvgIpc) is 3.55. The predicted molar refractivity (Wildman–Crippen MR) is 136 cm³/mol. The number of methoxy groups -OCH3 is 2. The summed E-state index contributed by atoms with van der Waals surface area (Å²) >= 11 is 0. The van der Waals surface area contributed by atoms with Crippen molar-refractivity contribution in [3.8, 4) is 23.3 Å². The van der Waals surface area contributed by atoms with Gasteiger partial charge < -0.3 is 25.4 Å². The number of benzene rings is 1. The maximum atomic E-state index is 14.9. The van der Waals surface area contributed by atoms with Gasteiger partial charge in [-0.3, -0.25) is 9.48 Å². The molecule has 2 atom stereocenters. The van der Waals surface area contributed by atoms with Gasteiger partial charge in [0.15, 0.2) is 23.1 Å². The van der Waals surface area contributed by atoms with Gasteiger partial charge in [-0.25, -0.2) is 13.8 Å². The summed E-state index contributed by atoms with van der Waals surface area (Å²) in [5.74, 6) is 1.50. The lowest BCUT2D eigenvalue weighted by Crippen LogP contribution is -2.32. The number of carbonyl (C=O) groups excluding carboxylic acids is 1. The van der Waals surface area contributed by atoms with Crippen molar-refractivity contribution >= 4 is 22.6 Å². The van der Waals surface area contributed by atoms with Crippen LogP contribution in [0.25, 0.3) is 10.9 Å². The minimum Gasteiger partial charge on any atom is -0.493 e. The number of aromatic nitrogens is 3. The van der Waals surface area contributed by atoms with Crippen molar-refractivity contribution in [2.45, 2.75) is 24.7 Å². The van der Waals surface area contributed by atoms with E-state index in [1.807, 2.05) is 0 Å². The predicted octanol–water partition coefficient (Wildman–Crippen LogP) is 3.49. The number of pyridine rings is 1. The van der Waals surface area contributed by atoms with Crippen LogP contribution in [0.5, 0.6) is 11.5 Å². The fourth-order valence-electron chi connectivity index (χ4n) is 4.66. The highest BCUT2D eigenvalue weighted by molar-refractivity contribution is 5.95. The van der Waals surface area contributed by atoms with Crippen molar-refractivity contribution in [2.24, 2.45) is 0 Å². The minimum atomic E-state index is -4.72. The molecule has 1 aromatic carbocycles. The maximum Gasteiger partial charge on any atom is 0.408 e. The number of nitrogens with zero attached hydrogens (tertiary/aromatic N) is 4. The van der Waals surface area contributed by atoms with E-state index in [0.29, 0.717) is 13.0 Å². The first-order chi connectivity index (χ1) is 19.0. The molecule has 1 aliphatic heterocycles. The smallest absolute Gasteiger partial charge is 0.408 e. The van der Waals surface area contributed by atoms with Gasteiger partial charge >= 0.3 is 6.18 Å². The second-order valence-electron chi connectivity index (χ2n) is 8.84. The van der Waals surface area contributed by atoms with Gasteiger partial charge in [0.2, 0.25) is 5.91 Å². The Morgan fingerprint density at radius 1 is 1.25 bits per heavy atom. The number of fused-ring (bicyclic) bond motifs is 1. The van der Waals surface area contributed by atoms with Crippen molar-refractivity contribution in [1.29, 1.82) is 0 Å². The molecule has 14 heteroatoms. The summed E-state index contributed by atoms with van der Waals surface area (Å²) in [5.41, 5.74) is 4.94. The summed E-state index contributed by atoms with van der Waals surface area (Å²) in [5, 5.41) is 6.64. The number of amides is 1. The van der Waals surface area contributed by atoms with E-state index in [1.165, 1.54) is 23.8 Å². The minimum absolute atomic E-state index is 0.0180. The number of hydrogen-bond acceptors (Lipinski definition) is 7. The van der Waals surface area contributed by atoms with E-state index < -0.39 is 35.5 Å². The van der Waals surface area contributed by atoms with Gasteiger partial charge in [0.05, 0.1) is 31.2 Å². The van der Waals surface area contributed by atoms with Crippen molar-refractivity contribution in [2.75, 3.05) is 40.1 Å². The van der Waals surface area contributed by atoms with Crippen LogP contribution >= 0.6 is 0 Å². The van der Waals surface area contributed by atoms with Crippen LogP contribution in [0.15, 0.2) is 24.9 Å². The Morgan fingerprint density at radius 3 is 2.45 bits per heavy atom. The molecule has 212 valence electrons. The highest BCUT2D eigenvalue weighted by atomic mass is 19.4. The zero-order chi connectivity index (χ0) is 29.4. The second kappa shape index (κ2) is 11.0. The van der Waals surface area contributed by atoms with Crippen LogP contribution in [0.1, 0.15) is 35.3 Å². The van der Waals surface area contributed by atoms with Gasteiger partial charge in [0.25, 0.3) is 0 Å². The quantitative estimate of drug-likeness (QED) is 0.268. The van der Waals surface area contributed by atoms with Crippen molar-refractivity contribution in [1.82, 2.24) is 25.0 Å². The Balaban J connectivity index is 1.98. The third-order valence-electron chi connectivity index (χ3n) is 6.58. The molecule has 0 saturated carbocycles. The van der Waals surface area contributed by atoms with Crippen LogP contribution in [0, 0.1) is 23.5 Å². The highest BCUT2D eigenvalue weighted by Gasteiger charge is 2.42. The normalized spacial score (nSPS) is 16.0. The molecule has 1 unspecified atom stereocenters. The molecule has 9 nitrogen and oxygen atoms in total. The molecule has 0 spiro atoms. The van der Waals surface area contributed by atoms with Crippen LogP contribution in [0.3, 0.4) is 0 Å². The first-order valence-electron chi connectivity index (χ1n) is 11.9. The first kappa shape index (κ1) is 28.6. The molecule has 40 heavy (non-hydrogen) atoms. The van der Waals surface area contributed by atoms with Crippen LogP contribution in [0.4, 0.5) is 27.8 Å². The Bertz CT molecular complexity index is 1510. The van der Waals surface area contributed by atoms with Gasteiger partial charge in [0, 0.05) is 30.9 Å². The fourth-order valence-corrected chi connectivity index (χ4v) is 4.66. The number of halogens is 5. The average molecular weight is 565 g/mol. The number of alkyl halides is 3. The number of ether oxygens (including phenoxy) is 2. The van der Waals surface area contributed by atoms with Crippen LogP contribution < -0.4 is 20.5 Å². The molecule has 1 fully saturated rings. The van der Waals surface area contributed by atoms with E-state index >= 15 is 0 Å². The van der Waals surface area contributed by atoms with Gasteiger partial charge in [-0.2, -0.15) is 18.3 Å². The largest absolute Gasteiger partial charge is 0.493 e.